The summed E-state index contributed by atoms with van der Waals surface area (Å²) in [5, 5.41) is -5.61. The molecule has 0 spiro atoms. The molecular weight excluding hydrogens is 347 g/mol. The van der Waals surface area contributed by atoms with Crippen LogP contribution in [-0.4, -0.2) is 37.1 Å². The first-order valence-corrected chi connectivity index (χ1v) is 7.88. The van der Waals surface area contributed by atoms with E-state index < -0.39 is 40.2 Å². The quantitative estimate of drug-likeness (QED) is 0.552. The summed E-state index contributed by atoms with van der Waals surface area (Å²) in [6.45, 7) is 0.794. The predicted molar refractivity (Wildman–Crippen MR) is 69.9 cm³/mol. The normalized spacial score (nSPS) is 16.1. The molecule has 2 unspecified atom stereocenters. The van der Waals surface area contributed by atoms with Gasteiger partial charge in [-0.3, -0.25) is 0 Å². The van der Waals surface area contributed by atoms with E-state index in [2.05, 4.69) is 4.74 Å². The van der Waals surface area contributed by atoms with E-state index in [1.807, 2.05) is 0 Å². The van der Waals surface area contributed by atoms with E-state index in [0.717, 1.165) is 0 Å². The molecule has 0 aliphatic heterocycles. The monoisotopic (exact) mass is 361 g/mol. The molecule has 0 fully saturated rings. The third-order valence-electron chi connectivity index (χ3n) is 3.16. The van der Waals surface area contributed by atoms with Gasteiger partial charge in [0.05, 0.1) is 6.61 Å². The second-order valence-corrected chi connectivity index (χ2v) is 6.24. The lowest BCUT2D eigenvalue weighted by Gasteiger charge is -2.31. The lowest BCUT2D eigenvalue weighted by molar-refractivity contribution is -0.265. The van der Waals surface area contributed by atoms with Crippen molar-refractivity contribution in [2.45, 2.75) is 36.8 Å². The van der Waals surface area contributed by atoms with Gasteiger partial charge in [-0.25, -0.2) is 8.42 Å². The van der Waals surface area contributed by atoms with Crippen molar-refractivity contribution in [1.29, 1.82) is 0 Å². The maximum absolute atomic E-state index is 13.3. The van der Waals surface area contributed by atoms with Gasteiger partial charge in [0.1, 0.15) is 0 Å². The zero-order valence-electron chi connectivity index (χ0n) is 11.9. The van der Waals surface area contributed by atoms with Crippen molar-refractivity contribution >= 4 is 10.1 Å². The summed E-state index contributed by atoms with van der Waals surface area (Å²) in [6.07, 6.45) is -9.46. The third kappa shape index (κ3) is 4.85. The van der Waals surface area contributed by atoms with Crippen LogP contribution in [0.5, 0.6) is 0 Å². The summed E-state index contributed by atoms with van der Waals surface area (Å²) in [6, 6.07) is 8.02. The number of hydrogen-bond acceptors (Lipinski definition) is 4. The molecule has 0 radical (unpaired) electrons. The van der Waals surface area contributed by atoms with Crippen molar-refractivity contribution in [3.8, 4) is 0 Å². The molecule has 132 valence electrons. The van der Waals surface area contributed by atoms with Gasteiger partial charge in [0.2, 0.25) is 6.10 Å². The van der Waals surface area contributed by atoms with Crippen molar-refractivity contribution in [2.24, 2.45) is 0 Å². The van der Waals surface area contributed by atoms with E-state index in [1.165, 1.54) is 0 Å². The minimum atomic E-state index is -6.53. The van der Waals surface area contributed by atoms with Gasteiger partial charge >= 0.3 is 11.4 Å². The van der Waals surface area contributed by atoms with Gasteiger partial charge in [-0.1, -0.05) is 37.3 Å². The zero-order chi connectivity index (χ0) is 17.9. The van der Waals surface area contributed by atoms with Gasteiger partial charge in [0, 0.05) is 5.92 Å². The summed E-state index contributed by atoms with van der Waals surface area (Å²) >= 11 is 0. The molecule has 0 saturated carbocycles. The Morgan fingerprint density at radius 1 is 1.13 bits per heavy atom. The van der Waals surface area contributed by atoms with Crippen LogP contribution < -0.4 is 0 Å². The smallest absolute Gasteiger partial charge is 0.421 e. The molecule has 1 aromatic carbocycles. The Bertz CT molecular complexity index is 601. The Balaban J connectivity index is 3.00. The highest BCUT2D eigenvalue weighted by molar-refractivity contribution is 7.86. The van der Waals surface area contributed by atoms with Crippen LogP contribution in [0.1, 0.15) is 24.8 Å². The highest BCUT2D eigenvalue weighted by Gasteiger charge is 2.61. The largest absolute Gasteiger partial charge is 0.743 e. The molecule has 0 saturated heterocycles. The molecule has 0 aromatic heterocycles. The summed E-state index contributed by atoms with van der Waals surface area (Å²) in [4.78, 5) is 0. The number of alkyl halides is 5. The van der Waals surface area contributed by atoms with E-state index in [9.17, 15) is 34.9 Å². The van der Waals surface area contributed by atoms with Crippen LogP contribution in [0.3, 0.4) is 0 Å². The highest BCUT2D eigenvalue weighted by atomic mass is 32.2. The molecule has 23 heavy (non-hydrogen) atoms. The first-order valence-electron chi connectivity index (χ1n) is 6.47. The average Bonchev–Trinajstić information content (AvgIpc) is 2.41. The molecule has 0 heterocycles. The number of hydrogen-bond donors (Lipinski definition) is 0. The summed E-state index contributed by atoms with van der Waals surface area (Å²) in [5.74, 6) is -0.661. The number of benzene rings is 1. The van der Waals surface area contributed by atoms with Gasteiger partial charge in [0.25, 0.3) is 0 Å². The Labute approximate surface area is 130 Å². The maximum atomic E-state index is 13.3. The van der Waals surface area contributed by atoms with E-state index >= 15 is 0 Å². The molecule has 10 heteroatoms. The van der Waals surface area contributed by atoms with E-state index in [-0.39, 0.29) is 6.42 Å². The van der Waals surface area contributed by atoms with E-state index in [1.54, 1.807) is 37.3 Å². The number of rotatable bonds is 7. The molecule has 0 amide bonds. The minimum Gasteiger partial charge on any atom is -0.743 e. The zero-order valence-corrected chi connectivity index (χ0v) is 12.7. The minimum absolute atomic E-state index is 0.268. The van der Waals surface area contributed by atoms with Crippen LogP contribution in [0.2, 0.25) is 0 Å². The van der Waals surface area contributed by atoms with Crippen molar-refractivity contribution < 1.29 is 39.7 Å². The molecule has 4 nitrogen and oxygen atoms in total. The Morgan fingerprint density at radius 2 is 1.65 bits per heavy atom. The lowest BCUT2D eigenvalue weighted by atomic mass is 9.97. The molecule has 0 bridgehead atoms. The molecule has 0 aliphatic rings. The number of halogens is 5. The Hall–Kier alpha value is -1.26. The predicted octanol–water partition coefficient (Wildman–Crippen LogP) is 3.27. The standard InChI is InChI=1S/C13H15F5O4S/c1-2-9(10-6-4-3-5-7-10)8-22-11(12(14,15)16)13(17,18)23(19,20)21/h3-7,9,11H,2,8H2,1H3,(H,19,20,21)/p-1. The van der Waals surface area contributed by atoms with Crippen LogP contribution in [0, 0.1) is 0 Å². The molecule has 2 atom stereocenters. The van der Waals surface area contributed by atoms with Gasteiger partial charge in [0.15, 0.2) is 10.1 Å². The fraction of sp³-hybridized carbons (Fsp3) is 0.538. The van der Waals surface area contributed by atoms with Crippen LogP contribution in [0.4, 0.5) is 22.0 Å². The van der Waals surface area contributed by atoms with Crippen molar-refractivity contribution in [3.05, 3.63) is 35.9 Å². The second kappa shape index (κ2) is 7.10. The van der Waals surface area contributed by atoms with Gasteiger partial charge in [-0.15, -0.1) is 0 Å². The summed E-state index contributed by atoms with van der Waals surface area (Å²) in [7, 11) is -6.53. The average molecular weight is 361 g/mol. The Morgan fingerprint density at radius 3 is 2.04 bits per heavy atom. The topological polar surface area (TPSA) is 66.4 Å². The van der Waals surface area contributed by atoms with Crippen molar-refractivity contribution in [2.75, 3.05) is 6.61 Å². The van der Waals surface area contributed by atoms with E-state index in [4.69, 9.17) is 0 Å². The SMILES string of the molecule is CCC(COC(C(F)(F)F)C(F)(F)S(=O)(=O)[O-])c1ccccc1. The van der Waals surface area contributed by atoms with Crippen LogP contribution in [0.25, 0.3) is 0 Å². The highest BCUT2D eigenvalue weighted by Crippen LogP contribution is 2.38. The Kier molecular flexibility index (Phi) is 6.11. The van der Waals surface area contributed by atoms with Crippen molar-refractivity contribution in [3.63, 3.8) is 0 Å². The number of ether oxygens (including phenoxy) is 1. The molecule has 0 aliphatic carbocycles. The summed E-state index contributed by atoms with van der Waals surface area (Å²) < 4.78 is 100. The van der Waals surface area contributed by atoms with Gasteiger partial charge in [-0.2, -0.15) is 22.0 Å². The fourth-order valence-corrected chi connectivity index (χ4v) is 2.36. The third-order valence-corrected chi connectivity index (χ3v) is 4.04. The lowest BCUT2D eigenvalue weighted by Crippen LogP contribution is -2.51. The van der Waals surface area contributed by atoms with Crippen LogP contribution in [-0.2, 0) is 14.9 Å². The van der Waals surface area contributed by atoms with Crippen LogP contribution >= 0.6 is 0 Å². The molecule has 1 rings (SSSR count). The first-order chi connectivity index (χ1) is 10.4. The summed E-state index contributed by atoms with van der Waals surface area (Å²) in [5.41, 5.74) is 0.546. The maximum Gasteiger partial charge on any atom is 0.421 e. The van der Waals surface area contributed by atoms with Gasteiger partial charge < -0.3 is 9.29 Å². The molecular formula is C13H14F5O4S-. The van der Waals surface area contributed by atoms with Crippen LogP contribution in [0.15, 0.2) is 30.3 Å². The molecule has 1 aromatic rings. The van der Waals surface area contributed by atoms with Crippen molar-refractivity contribution in [1.82, 2.24) is 0 Å². The first kappa shape index (κ1) is 19.8. The molecule has 0 N–H and O–H groups in total. The fourth-order valence-electron chi connectivity index (χ4n) is 1.90. The van der Waals surface area contributed by atoms with E-state index in [0.29, 0.717) is 5.56 Å². The van der Waals surface area contributed by atoms with Gasteiger partial charge in [-0.05, 0) is 12.0 Å². The second-order valence-electron chi connectivity index (χ2n) is 4.79.